The van der Waals surface area contributed by atoms with Gasteiger partial charge in [0.25, 0.3) is 5.91 Å². The van der Waals surface area contributed by atoms with Crippen LogP contribution in [0.5, 0.6) is 0 Å². The highest BCUT2D eigenvalue weighted by Gasteiger charge is 2.30. The fourth-order valence-electron chi connectivity index (χ4n) is 3.25. The second-order valence-corrected chi connectivity index (χ2v) is 6.89. The second kappa shape index (κ2) is 8.01. The molecule has 2 amide bonds. The molecular weight excluding hydrogens is 348 g/mol. The standard InChI is InChI=1S/C18H26N6O3/c1-13(25)23-8-7-21(2)15(12-23)17-20-19-16-6-5-14(11-24(16)17)18(26)22(3)9-10-27-4/h5-6,11,15H,7-10,12H2,1-4H3. The fourth-order valence-corrected chi connectivity index (χ4v) is 3.25. The predicted molar refractivity (Wildman–Crippen MR) is 99.4 cm³/mol. The van der Waals surface area contributed by atoms with E-state index in [0.717, 1.165) is 12.4 Å². The lowest BCUT2D eigenvalue weighted by atomic mass is 10.1. The number of fused-ring (bicyclic) bond motifs is 1. The van der Waals surface area contributed by atoms with Crippen LogP contribution in [0, 0.1) is 0 Å². The van der Waals surface area contributed by atoms with Crippen LogP contribution >= 0.6 is 0 Å². The number of pyridine rings is 1. The van der Waals surface area contributed by atoms with Gasteiger partial charge in [-0.1, -0.05) is 0 Å². The number of methoxy groups -OCH3 is 1. The topological polar surface area (TPSA) is 83.3 Å². The molecule has 2 aromatic rings. The Morgan fingerprint density at radius 2 is 2.07 bits per heavy atom. The van der Waals surface area contributed by atoms with Gasteiger partial charge < -0.3 is 14.5 Å². The van der Waals surface area contributed by atoms with Crippen LogP contribution in [0.2, 0.25) is 0 Å². The number of aromatic nitrogens is 3. The highest BCUT2D eigenvalue weighted by Crippen LogP contribution is 2.23. The van der Waals surface area contributed by atoms with E-state index in [1.54, 1.807) is 44.3 Å². The summed E-state index contributed by atoms with van der Waals surface area (Å²) in [5.74, 6) is 0.696. The van der Waals surface area contributed by atoms with E-state index >= 15 is 0 Å². The summed E-state index contributed by atoms with van der Waals surface area (Å²) in [7, 11) is 5.37. The van der Waals surface area contributed by atoms with Gasteiger partial charge in [-0.05, 0) is 19.2 Å². The Kier molecular flexibility index (Phi) is 5.71. The van der Waals surface area contributed by atoms with Crippen molar-refractivity contribution in [1.82, 2.24) is 29.3 Å². The molecule has 0 bridgehead atoms. The van der Waals surface area contributed by atoms with Crippen LogP contribution in [0.1, 0.15) is 29.1 Å². The maximum atomic E-state index is 12.7. The molecule has 0 N–H and O–H groups in total. The summed E-state index contributed by atoms with van der Waals surface area (Å²) in [6, 6.07) is 3.47. The number of hydrogen-bond donors (Lipinski definition) is 0. The van der Waals surface area contributed by atoms with E-state index in [0.29, 0.717) is 37.5 Å². The van der Waals surface area contributed by atoms with Gasteiger partial charge in [-0.2, -0.15) is 0 Å². The Hall–Kier alpha value is -2.52. The first-order chi connectivity index (χ1) is 12.9. The summed E-state index contributed by atoms with van der Waals surface area (Å²) in [5.41, 5.74) is 1.23. The van der Waals surface area contributed by atoms with E-state index in [1.165, 1.54) is 0 Å². The van der Waals surface area contributed by atoms with Gasteiger partial charge in [0.05, 0.1) is 18.2 Å². The van der Waals surface area contributed by atoms with E-state index in [4.69, 9.17) is 4.74 Å². The van der Waals surface area contributed by atoms with Crippen LogP contribution in [0.15, 0.2) is 18.3 Å². The number of rotatable bonds is 5. The fraction of sp³-hybridized carbons (Fsp3) is 0.556. The zero-order valence-corrected chi connectivity index (χ0v) is 16.3. The van der Waals surface area contributed by atoms with Gasteiger partial charge in [-0.15, -0.1) is 10.2 Å². The Labute approximate surface area is 158 Å². The molecule has 1 aliphatic rings. The molecule has 1 saturated heterocycles. The lowest BCUT2D eigenvalue weighted by molar-refractivity contribution is -0.131. The summed E-state index contributed by atoms with van der Waals surface area (Å²) >= 11 is 0. The average molecular weight is 374 g/mol. The minimum Gasteiger partial charge on any atom is -0.383 e. The number of carbonyl (C=O) groups is 2. The first-order valence-corrected chi connectivity index (χ1v) is 8.97. The average Bonchev–Trinajstić information content (AvgIpc) is 3.08. The molecule has 1 aliphatic heterocycles. The van der Waals surface area contributed by atoms with Crippen molar-refractivity contribution in [1.29, 1.82) is 0 Å². The number of carbonyl (C=O) groups excluding carboxylic acids is 2. The third-order valence-corrected chi connectivity index (χ3v) is 5.04. The normalized spacial score (nSPS) is 18.1. The Morgan fingerprint density at radius 3 is 2.78 bits per heavy atom. The van der Waals surface area contributed by atoms with E-state index < -0.39 is 0 Å². The van der Waals surface area contributed by atoms with Crippen molar-refractivity contribution in [3.63, 3.8) is 0 Å². The molecule has 146 valence electrons. The maximum Gasteiger partial charge on any atom is 0.255 e. The molecule has 9 heteroatoms. The Balaban J connectivity index is 1.91. The largest absolute Gasteiger partial charge is 0.383 e. The number of nitrogens with zero attached hydrogens (tertiary/aromatic N) is 6. The van der Waals surface area contributed by atoms with E-state index in [1.807, 2.05) is 16.3 Å². The summed E-state index contributed by atoms with van der Waals surface area (Å²) in [4.78, 5) is 30.1. The first-order valence-electron chi connectivity index (χ1n) is 8.97. The molecule has 9 nitrogen and oxygen atoms in total. The van der Waals surface area contributed by atoms with Crippen molar-refractivity contribution >= 4 is 17.5 Å². The SMILES string of the molecule is COCCN(C)C(=O)c1ccc2nnc(C3CN(C(C)=O)CCN3C)n2c1. The van der Waals surface area contributed by atoms with Gasteiger partial charge in [-0.3, -0.25) is 18.9 Å². The van der Waals surface area contributed by atoms with E-state index in [2.05, 4.69) is 15.1 Å². The number of ether oxygens (including phenoxy) is 1. The maximum absolute atomic E-state index is 12.7. The summed E-state index contributed by atoms with van der Waals surface area (Å²) < 4.78 is 6.89. The highest BCUT2D eigenvalue weighted by atomic mass is 16.5. The monoisotopic (exact) mass is 374 g/mol. The highest BCUT2D eigenvalue weighted by molar-refractivity contribution is 5.94. The predicted octanol–water partition coefficient (Wildman–Crippen LogP) is 0.283. The van der Waals surface area contributed by atoms with Crippen molar-refractivity contribution in [3.8, 4) is 0 Å². The van der Waals surface area contributed by atoms with Crippen LogP contribution in [0.25, 0.3) is 5.65 Å². The number of likely N-dealkylation sites (N-methyl/N-ethyl adjacent to an activating group) is 2. The van der Waals surface area contributed by atoms with Gasteiger partial charge in [0.15, 0.2) is 11.5 Å². The van der Waals surface area contributed by atoms with Crippen LogP contribution in [-0.4, -0.2) is 95.1 Å². The molecule has 0 spiro atoms. The van der Waals surface area contributed by atoms with Gasteiger partial charge in [0.2, 0.25) is 5.91 Å². The van der Waals surface area contributed by atoms with Crippen molar-refractivity contribution in [2.45, 2.75) is 13.0 Å². The minimum absolute atomic E-state index is 0.0533. The first kappa shape index (κ1) is 19.2. The quantitative estimate of drug-likeness (QED) is 0.748. The zero-order chi connectivity index (χ0) is 19.6. The van der Waals surface area contributed by atoms with Crippen LogP contribution in [0.4, 0.5) is 0 Å². The molecule has 0 aromatic carbocycles. The lowest BCUT2D eigenvalue weighted by Gasteiger charge is -2.38. The molecule has 3 heterocycles. The lowest BCUT2D eigenvalue weighted by Crippen LogP contribution is -2.48. The third kappa shape index (κ3) is 3.93. The minimum atomic E-state index is -0.0871. The van der Waals surface area contributed by atoms with Crippen molar-refractivity contribution in [2.75, 3.05) is 54.0 Å². The zero-order valence-electron chi connectivity index (χ0n) is 16.3. The molecule has 1 atom stereocenters. The molecule has 0 radical (unpaired) electrons. The smallest absolute Gasteiger partial charge is 0.255 e. The van der Waals surface area contributed by atoms with Gasteiger partial charge in [-0.25, -0.2) is 0 Å². The van der Waals surface area contributed by atoms with E-state index in [9.17, 15) is 9.59 Å². The third-order valence-electron chi connectivity index (χ3n) is 5.04. The molecule has 0 saturated carbocycles. The summed E-state index contributed by atoms with van der Waals surface area (Å²) in [6.07, 6.45) is 1.77. The summed E-state index contributed by atoms with van der Waals surface area (Å²) in [6.45, 7) is 4.59. The van der Waals surface area contributed by atoms with Crippen LogP contribution in [0.3, 0.4) is 0 Å². The van der Waals surface area contributed by atoms with Crippen molar-refractivity contribution in [2.24, 2.45) is 0 Å². The molecule has 1 unspecified atom stereocenters. The van der Waals surface area contributed by atoms with Gasteiger partial charge in [0.1, 0.15) is 0 Å². The van der Waals surface area contributed by atoms with Crippen LogP contribution < -0.4 is 0 Å². The molecule has 1 fully saturated rings. The second-order valence-electron chi connectivity index (χ2n) is 6.89. The number of piperazine rings is 1. The Bertz CT molecular complexity index is 836. The number of hydrogen-bond acceptors (Lipinski definition) is 6. The molecule has 0 aliphatic carbocycles. The summed E-state index contributed by atoms with van der Waals surface area (Å²) in [5, 5.41) is 8.58. The van der Waals surface area contributed by atoms with E-state index in [-0.39, 0.29) is 17.9 Å². The molecule has 27 heavy (non-hydrogen) atoms. The van der Waals surface area contributed by atoms with Crippen molar-refractivity contribution in [3.05, 3.63) is 29.7 Å². The van der Waals surface area contributed by atoms with Crippen molar-refractivity contribution < 1.29 is 14.3 Å². The van der Waals surface area contributed by atoms with Crippen LogP contribution in [-0.2, 0) is 9.53 Å². The Morgan fingerprint density at radius 1 is 1.30 bits per heavy atom. The van der Waals surface area contributed by atoms with Gasteiger partial charge >= 0.3 is 0 Å². The number of amides is 2. The molecular formula is C18H26N6O3. The molecule has 3 rings (SSSR count). The molecule has 2 aromatic heterocycles. The van der Waals surface area contributed by atoms with Gasteiger partial charge in [0, 0.05) is 53.5 Å².